The Morgan fingerprint density at radius 3 is 2.55 bits per heavy atom. The normalized spacial score (nSPS) is 10.9. The number of rotatable bonds is 4. The maximum Gasteiger partial charge on any atom is 0.151 e. The molecule has 2 aromatic rings. The van der Waals surface area contributed by atoms with Crippen LogP contribution in [0.4, 0.5) is 0 Å². The molecule has 106 valence electrons. The summed E-state index contributed by atoms with van der Waals surface area (Å²) in [5.74, 6) is 1.74. The van der Waals surface area contributed by atoms with Crippen LogP contribution in [0, 0.1) is 6.92 Å². The summed E-state index contributed by atoms with van der Waals surface area (Å²) in [5.41, 5.74) is 3.18. The minimum absolute atomic E-state index is 0.0983. The summed E-state index contributed by atoms with van der Waals surface area (Å²) in [4.78, 5) is 0. The number of hydrogen-bond acceptors (Lipinski definition) is 2. The molecular formula is C17H19ClO2. The number of aliphatic hydroxyl groups is 1. The fourth-order valence-corrected chi connectivity index (χ4v) is 2.50. The second kappa shape index (κ2) is 6.29. The fourth-order valence-electron chi connectivity index (χ4n) is 2.27. The van der Waals surface area contributed by atoms with E-state index in [4.69, 9.17) is 16.3 Å². The van der Waals surface area contributed by atoms with E-state index in [0.29, 0.717) is 22.3 Å². The highest BCUT2D eigenvalue weighted by molar-refractivity contribution is 6.32. The van der Waals surface area contributed by atoms with Crippen molar-refractivity contribution in [1.29, 1.82) is 0 Å². The number of halogens is 1. The fraction of sp³-hybridized carbons (Fsp3) is 0.294. The van der Waals surface area contributed by atoms with Gasteiger partial charge in [0.1, 0.15) is 5.75 Å². The molecule has 0 aliphatic heterocycles. The highest BCUT2D eigenvalue weighted by atomic mass is 35.5. The van der Waals surface area contributed by atoms with Crippen LogP contribution in [-0.2, 0) is 6.61 Å². The van der Waals surface area contributed by atoms with E-state index in [-0.39, 0.29) is 6.61 Å². The Morgan fingerprint density at radius 1 is 1.20 bits per heavy atom. The Balaban J connectivity index is 2.34. The summed E-state index contributed by atoms with van der Waals surface area (Å²) < 4.78 is 5.85. The van der Waals surface area contributed by atoms with Crippen LogP contribution in [0.15, 0.2) is 36.4 Å². The van der Waals surface area contributed by atoms with E-state index in [0.717, 1.165) is 5.75 Å². The maximum absolute atomic E-state index is 9.35. The van der Waals surface area contributed by atoms with Gasteiger partial charge in [0.2, 0.25) is 0 Å². The van der Waals surface area contributed by atoms with Crippen LogP contribution in [0.1, 0.15) is 36.5 Å². The zero-order chi connectivity index (χ0) is 14.7. The van der Waals surface area contributed by atoms with E-state index >= 15 is 0 Å². The second-order valence-electron chi connectivity index (χ2n) is 5.16. The van der Waals surface area contributed by atoms with Gasteiger partial charge in [0.05, 0.1) is 11.6 Å². The van der Waals surface area contributed by atoms with E-state index in [1.165, 1.54) is 11.1 Å². The minimum Gasteiger partial charge on any atom is -0.455 e. The van der Waals surface area contributed by atoms with Crippen LogP contribution in [0.25, 0.3) is 0 Å². The summed E-state index contributed by atoms with van der Waals surface area (Å²) in [7, 11) is 0. The summed E-state index contributed by atoms with van der Waals surface area (Å²) in [6.07, 6.45) is 0. The van der Waals surface area contributed by atoms with Gasteiger partial charge < -0.3 is 9.84 Å². The van der Waals surface area contributed by atoms with Crippen molar-refractivity contribution in [1.82, 2.24) is 0 Å². The van der Waals surface area contributed by atoms with Crippen molar-refractivity contribution in [2.75, 3.05) is 0 Å². The largest absolute Gasteiger partial charge is 0.455 e. The Hall–Kier alpha value is -1.51. The van der Waals surface area contributed by atoms with Gasteiger partial charge in [-0.2, -0.15) is 0 Å². The number of hydrogen-bond donors (Lipinski definition) is 1. The minimum atomic E-state index is -0.0983. The zero-order valence-corrected chi connectivity index (χ0v) is 12.7. The Kier molecular flexibility index (Phi) is 4.69. The summed E-state index contributed by atoms with van der Waals surface area (Å²) in [6, 6.07) is 11.4. The molecule has 0 atom stereocenters. The third kappa shape index (κ3) is 3.14. The molecule has 0 saturated heterocycles. The Bertz CT molecular complexity index is 606. The van der Waals surface area contributed by atoms with E-state index in [2.05, 4.69) is 26.8 Å². The van der Waals surface area contributed by atoms with Crippen molar-refractivity contribution in [3.63, 3.8) is 0 Å². The third-order valence-corrected chi connectivity index (χ3v) is 3.60. The van der Waals surface area contributed by atoms with E-state index in [1.54, 1.807) is 18.2 Å². The van der Waals surface area contributed by atoms with Crippen LogP contribution in [-0.4, -0.2) is 5.11 Å². The third-order valence-electron chi connectivity index (χ3n) is 3.30. The Morgan fingerprint density at radius 2 is 1.95 bits per heavy atom. The summed E-state index contributed by atoms with van der Waals surface area (Å²) >= 11 is 6.14. The molecule has 0 saturated carbocycles. The maximum atomic E-state index is 9.35. The van der Waals surface area contributed by atoms with Crippen LogP contribution in [0.3, 0.4) is 0 Å². The first-order valence-electron chi connectivity index (χ1n) is 6.69. The van der Waals surface area contributed by atoms with Gasteiger partial charge in [-0.05, 0) is 42.2 Å². The molecule has 0 aliphatic rings. The molecule has 2 rings (SSSR count). The van der Waals surface area contributed by atoms with Crippen LogP contribution < -0.4 is 4.74 Å². The van der Waals surface area contributed by atoms with Crippen LogP contribution in [0.5, 0.6) is 11.5 Å². The Labute approximate surface area is 125 Å². The molecule has 20 heavy (non-hydrogen) atoms. The lowest BCUT2D eigenvalue weighted by Gasteiger charge is -2.14. The van der Waals surface area contributed by atoms with Crippen molar-refractivity contribution in [3.8, 4) is 11.5 Å². The van der Waals surface area contributed by atoms with Gasteiger partial charge in [-0.15, -0.1) is 0 Å². The van der Waals surface area contributed by atoms with Crippen molar-refractivity contribution in [2.45, 2.75) is 33.3 Å². The van der Waals surface area contributed by atoms with E-state index in [1.807, 2.05) is 12.1 Å². The predicted octanol–water partition coefficient (Wildman–Crippen LogP) is 5.06. The van der Waals surface area contributed by atoms with Crippen LogP contribution in [0.2, 0.25) is 5.02 Å². The predicted molar refractivity (Wildman–Crippen MR) is 82.7 cm³/mol. The lowest BCUT2D eigenvalue weighted by atomic mass is 9.98. The molecule has 1 N–H and O–H groups in total. The lowest BCUT2D eigenvalue weighted by molar-refractivity contribution is 0.276. The quantitative estimate of drug-likeness (QED) is 0.853. The molecule has 2 nitrogen and oxygen atoms in total. The first kappa shape index (κ1) is 14.9. The smallest absolute Gasteiger partial charge is 0.151 e. The molecule has 0 unspecified atom stereocenters. The highest BCUT2D eigenvalue weighted by Gasteiger charge is 2.10. The average Bonchev–Trinajstić information content (AvgIpc) is 2.40. The van der Waals surface area contributed by atoms with Crippen molar-refractivity contribution in [3.05, 3.63) is 58.1 Å². The van der Waals surface area contributed by atoms with Crippen molar-refractivity contribution < 1.29 is 9.84 Å². The number of aryl methyl sites for hydroxylation is 1. The molecule has 0 fully saturated rings. The molecular weight excluding hydrogens is 272 g/mol. The first-order chi connectivity index (χ1) is 9.52. The second-order valence-corrected chi connectivity index (χ2v) is 5.57. The van der Waals surface area contributed by atoms with Crippen molar-refractivity contribution in [2.24, 2.45) is 0 Å². The topological polar surface area (TPSA) is 29.5 Å². The molecule has 2 aromatic carbocycles. The molecule has 0 bridgehead atoms. The van der Waals surface area contributed by atoms with Gasteiger partial charge >= 0.3 is 0 Å². The molecule has 0 aromatic heterocycles. The highest BCUT2D eigenvalue weighted by Crippen LogP contribution is 2.34. The SMILES string of the molecule is Cc1cc(Oc2c(Cl)cccc2CO)ccc1C(C)C. The van der Waals surface area contributed by atoms with Crippen molar-refractivity contribution >= 4 is 11.6 Å². The van der Waals surface area contributed by atoms with Gasteiger partial charge in [0, 0.05) is 5.56 Å². The molecule has 0 spiro atoms. The van der Waals surface area contributed by atoms with Gasteiger partial charge in [0.15, 0.2) is 5.75 Å². The first-order valence-corrected chi connectivity index (χ1v) is 7.07. The van der Waals surface area contributed by atoms with E-state index in [9.17, 15) is 5.11 Å². The molecule has 0 radical (unpaired) electrons. The molecule has 3 heteroatoms. The standard InChI is InChI=1S/C17H19ClO2/c1-11(2)15-8-7-14(9-12(15)3)20-17-13(10-19)5-4-6-16(17)18/h4-9,11,19H,10H2,1-3H3. The lowest BCUT2D eigenvalue weighted by Crippen LogP contribution is -1.95. The number of benzene rings is 2. The zero-order valence-electron chi connectivity index (χ0n) is 12.0. The van der Waals surface area contributed by atoms with Gasteiger partial charge in [0.25, 0.3) is 0 Å². The molecule has 0 aliphatic carbocycles. The molecule has 0 heterocycles. The monoisotopic (exact) mass is 290 g/mol. The van der Waals surface area contributed by atoms with Gasteiger partial charge in [-0.1, -0.05) is 43.6 Å². The summed E-state index contributed by atoms with van der Waals surface area (Å²) in [6.45, 7) is 6.31. The molecule has 0 amide bonds. The average molecular weight is 291 g/mol. The van der Waals surface area contributed by atoms with Crippen LogP contribution >= 0.6 is 11.6 Å². The van der Waals surface area contributed by atoms with E-state index < -0.39 is 0 Å². The summed E-state index contributed by atoms with van der Waals surface area (Å²) in [5, 5.41) is 9.86. The van der Waals surface area contributed by atoms with Gasteiger partial charge in [-0.25, -0.2) is 0 Å². The number of aliphatic hydroxyl groups excluding tert-OH is 1. The number of ether oxygens (including phenoxy) is 1. The van der Waals surface area contributed by atoms with Gasteiger partial charge in [-0.3, -0.25) is 0 Å². The number of para-hydroxylation sites is 1.